The summed E-state index contributed by atoms with van der Waals surface area (Å²) in [5.41, 5.74) is -4.29. The van der Waals surface area contributed by atoms with Crippen LogP contribution >= 0.6 is 0 Å². The van der Waals surface area contributed by atoms with Crippen molar-refractivity contribution in [2.45, 2.75) is 25.6 Å². The van der Waals surface area contributed by atoms with E-state index in [4.69, 9.17) is 5.11 Å². The number of nitrogens with zero attached hydrogens (tertiary/aromatic N) is 1. The van der Waals surface area contributed by atoms with Crippen molar-refractivity contribution >= 4 is 17.3 Å². The number of carboxylic acids is 1. The highest BCUT2D eigenvalue weighted by atomic mass is 19.4. The van der Waals surface area contributed by atoms with Gasteiger partial charge in [0.1, 0.15) is 5.69 Å². The predicted octanol–water partition coefficient (Wildman–Crippen LogP) is 2.72. The van der Waals surface area contributed by atoms with Gasteiger partial charge in [0.2, 0.25) is 5.54 Å². The van der Waals surface area contributed by atoms with E-state index in [1.54, 1.807) is 5.32 Å². The number of hydrogen-bond donors (Lipinski definition) is 2. The van der Waals surface area contributed by atoms with Crippen LogP contribution in [0.1, 0.15) is 12.5 Å². The third-order valence-corrected chi connectivity index (χ3v) is 2.82. The number of aryl methyl sites for hydroxylation is 1. The molecule has 0 aliphatic heterocycles. The molecule has 9 heteroatoms. The number of aliphatic carboxylic acids is 1. The standard InChI is InChI=1S/C11H11F3N2O4/c1-6-4-3-5-7(16(19)20)8(6)15-10(2,9(17)18)11(12,13)14/h3-5,15H,1-2H3,(H,17,18). The number of nitro groups is 1. The van der Waals surface area contributed by atoms with Crippen LogP contribution < -0.4 is 5.32 Å². The first-order chi connectivity index (χ1) is 9.00. The van der Waals surface area contributed by atoms with Gasteiger partial charge in [-0.25, -0.2) is 4.79 Å². The van der Waals surface area contributed by atoms with E-state index in [9.17, 15) is 28.1 Å². The molecule has 1 unspecified atom stereocenters. The number of rotatable bonds is 4. The van der Waals surface area contributed by atoms with Crippen molar-refractivity contribution in [1.29, 1.82) is 0 Å². The molecule has 0 heterocycles. The van der Waals surface area contributed by atoms with Crippen molar-refractivity contribution in [3.05, 3.63) is 33.9 Å². The van der Waals surface area contributed by atoms with E-state index >= 15 is 0 Å². The summed E-state index contributed by atoms with van der Waals surface area (Å²) >= 11 is 0. The molecule has 0 aliphatic rings. The fourth-order valence-electron chi connectivity index (χ4n) is 1.46. The average Bonchev–Trinajstić information content (AvgIpc) is 2.29. The van der Waals surface area contributed by atoms with Gasteiger partial charge in [0, 0.05) is 6.07 Å². The summed E-state index contributed by atoms with van der Waals surface area (Å²) in [5.74, 6) is -2.18. The maximum absolute atomic E-state index is 12.9. The monoisotopic (exact) mass is 292 g/mol. The lowest BCUT2D eigenvalue weighted by molar-refractivity contribution is -0.384. The van der Waals surface area contributed by atoms with Crippen molar-refractivity contribution in [3.63, 3.8) is 0 Å². The van der Waals surface area contributed by atoms with Crippen molar-refractivity contribution in [2.75, 3.05) is 5.32 Å². The minimum atomic E-state index is -5.13. The molecule has 1 aromatic carbocycles. The van der Waals surface area contributed by atoms with Crippen LogP contribution in [0.15, 0.2) is 18.2 Å². The minimum Gasteiger partial charge on any atom is -0.479 e. The molecule has 1 atom stereocenters. The number of benzene rings is 1. The number of para-hydroxylation sites is 1. The van der Waals surface area contributed by atoms with Gasteiger partial charge in [-0.15, -0.1) is 0 Å². The largest absolute Gasteiger partial charge is 0.479 e. The summed E-state index contributed by atoms with van der Waals surface area (Å²) < 4.78 is 38.7. The normalized spacial score (nSPS) is 14.4. The molecule has 0 aliphatic carbocycles. The van der Waals surface area contributed by atoms with Gasteiger partial charge in [-0.3, -0.25) is 10.1 Å². The molecular weight excluding hydrogens is 281 g/mol. The summed E-state index contributed by atoms with van der Waals surface area (Å²) in [7, 11) is 0. The highest BCUT2D eigenvalue weighted by Gasteiger charge is 2.58. The Bertz CT molecular complexity index is 559. The van der Waals surface area contributed by atoms with E-state index in [-0.39, 0.29) is 5.56 Å². The van der Waals surface area contributed by atoms with E-state index in [1.165, 1.54) is 19.1 Å². The number of carboxylic acid groups (broad SMARTS) is 1. The van der Waals surface area contributed by atoms with Crippen LogP contribution in [0.5, 0.6) is 0 Å². The lowest BCUT2D eigenvalue weighted by Crippen LogP contribution is -2.55. The number of nitro benzene ring substituents is 1. The maximum atomic E-state index is 12.9. The Hall–Kier alpha value is -2.32. The third-order valence-electron chi connectivity index (χ3n) is 2.82. The molecule has 0 aromatic heterocycles. The maximum Gasteiger partial charge on any atom is 0.422 e. The van der Waals surface area contributed by atoms with E-state index < -0.39 is 34.0 Å². The summed E-state index contributed by atoms with van der Waals surface area (Å²) in [4.78, 5) is 20.8. The Kier molecular flexibility index (Phi) is 3.92. The van der Waals surface area contributed by atoms with Crippen LogP contribution in [-0.2, 0) is 4.79 Å². The van der Waals surface area contributed by atoms with Crippen LogP contribution in [0.25, 0.3) is 0 Å². The van der Waals surface area contributed by atoms with E-state index in [1.807, 2.05) is 0 Å². The topological polar surface area (TPSA) is 92.5 Å². The zero-order chi connectivity index (χ0) is 15.7. The second-order valence-corrected chi connectivity index (χ2v) is 4.28. The number of anilines is 1. The first-order valence-electron chi connectivity index (χ1n) is 5.33. The van der Waals surface area contributed by atoms with Gasteiger partial charge in [-0.2, -0.15) is 13.2 Å². The highest BCUT2D eigenvalue weighted by Crippen LogP contribution is 2.37. The molecule has 6 nitrogen and oxygen atoms in total. The van der Waals surface area contributed by atoms with E-state index in [0.29, 0.717) is 6.92 Å². The molecule has 0 radical (unpaired) electrons. The fraction of sp³-hybridized carbons (Fsp3) is 0.364. The van der Waals surface area contributed by atoms with Crippen molar-refractivity contribution in [2.24, 2.45) is 0 Å². The van der Waals surface area contributed by atoms with E-state index in [2.05, 4.69) is 0 Å². The number of hydrogen-bond acceptors (Lipinski definition) is 4. The molecule has 0 saturated heterocycles. The Morgan fingerprint density at radius 2 is 1.95 bits per heavy atom. The van der Waals surface area contributed by atoms with Crippen LogP contribution in [0, 0.1) is 17.0 Å². The molecule has 110 valence electrons. The molecule has 2 N–H and O–H groups in total. The molecular formula is C11H11F3N2O4. The Morgan fingerprint density at radius 3 is 2.35 bits per heavy atom. The lowest BCUT2D eigenvalue weighted by atomic mass is 10.00. The quantitative estimate of drug-likeness (QED) is 0.657. The van der Waals surface area contributed by atoms with Crippen LogP contribution in [-0.4, -0.2) is 27.7 Å². The van der Waals surface area contributed by atoms with Gasteiger partial charge >= 0.3 is 12.1 Å². The second kappa shape index (κ2) is 4.99. The molecule has 0 fully saturated rings. The van der Waals surface area contributed by atoms with Gasteiger partial charge in [0.25, 0.3) is 5.69 Å². The predicted molar refractivity (Wildman–Crippen MR) is 63.6 cm³/mol. The molecule has 20 heavy (non-hydrogen) atoms. The van der Waals surface area contributed by atoms with Crippen molar-refractivity contribution < 1.29 is 28.0 Å². The molecule has 1 rings (SSSR count). The van der Waals surface area contributed by atoms with Crippen LogP contribution in [0.2, 0.25) is 0 Å². The average molecular weight is 292 g/mol. The highest BCUT2D eigenvalue weighted by molar-refractivity contribution is 5.85. The molecule has 0 bridgehead atoms. The minimum absolute atomic E-state index is 0.135. The fourth-order valence-corrected chi connectivity index (χ4v) is 1.46. The zero-order valence-corrected chi connectivity index (χ0v) is 10.5. The summed E-state index contributed by atoms with van der Waals surface area (Å²) in [6.45, 7) is 1.75. The van der Waals surface area contributed by atoms with Crippen molar-refractivity contribution in [1.82, 2.24) is 0 Å². The Labute approximate surface area is 111 Å². The number of halogens is 3. The third kappa shape index (κ3) is 2.65. The number of carbonyl (C=O) groups is 1. The Morgan fingerprint density at radius 1 is 1.40 bits per heavy atom. The first kappa shape index (κ1) is 15.7. The summed E-state index contributed by atoms with van der Waals surface area (Å²) in [5, 5.41) is 21.4. The molecule has 0 spiro atoms. The van der Waals surface area contributed by atoms with Crippen molar-refractivity contribution in [3.8, 4) is 0 Å². The first-order valence-corrected chi connectivity index (χ1v) is 5.33. The summed E-state index contributed by atoms with van der Waals surface area (Å²) in [6, 6.07) is 3.63. The van der Waals surface area contributed by atoms with Gasteiger partial charge in [0.05, 0.1) is 4.92 Å². The smallest absolute Gasteiger partial charge is 0.422 e. The molecule has 0 amide bonds. The van der Waals surface area contributed by atoms with E-state index in [0.717, 1.165) is 6.07 Å². The molecule has 1 aromatic rings. The van der Waals surface area contributed by atoms with Gasteiger partial charge < -0.3 is 10.4 Å². The number of alkyl halides is 3. The van der Waals surface area contributed by atoms with Crippen LogP contribution in [0.3, 0.4) is 0 Å². The lowest BCUT2D eigenvalue weighted by Gasteiger charge is -2.30. The SMILES string of the molecule is Cc1cccc([N+](=O)[O-])c1NC(C)(C(=O)O)C(F)(F)F. The van der Waals surface area contributed by atoms with Crippen LogP contribution in [0.4, 0.5) is 24.5 Å². The van der Waals surface area contributed by atoms with Gasteiger partial charge in [-0.05, 0) is 19.4 Å². The zero-order valence-electron chi connectivity index (χ0n) is 10.5. The van der Waals surface area contributed by atoms with Gasteiger partial charge in [-0.1, -0.05) is 12.1 Å². The van der Waals surface area contributed by atoms with Gasteiger partial charge in [0.15, 0.2) is 0 Å². The molecule has 0 saturated carbocycles. The number of nitrogens with one attached hydrogen (secondary N) is 1. The second-order valence-electron chi connectivity index (χ2n) is 4.28. The summed E-state index contributed by atoms with van der Waals surface area (Å²) in [6.07, 6.45) is -5.13. The Balaban J connectivity index is 3.40.